The molecular weight excluding hydrogens is 356 g/mol. The van der Waals surface area contributed by atoms with Crippen LogP contribution in [0, 0.1) is 6.92 Å². The molecule has 1 aliphatic rings. The molecule has 0 atom stereocenters. The Morgan fingerprint density at radius 2 is 1.92 bits per heavy atom. The number of hydrogen-bond donors (Lipinski definition) is 0. The van der Waals surface area contributed by atoms with Crippen molar-refractivity contribution in [2.45, 2.75) is 44.4 Å². The van der Waals surface area contributed by atoms with Gasteiger partial charge in [-0.25, -0.2) is 13.4 Å². The van der Waals surface area contributed by atoms with Crippen LogP contribution < -0.4 is 4.74 Å². The number of aromatic nitrogens is 1. The third-order valence-corrected chi connectivity index (χ3v) is 7.03. The topological polar surface area (TPSA) is 59.5 Å². The van der Waals surface area contributed by atoms with Crippen molar-refractivity contribution in [2.75, 3.05) is 19.7 Å². The molecular formula is C18H24N2O3S2. The van der Waals surface area contributed by atoms with Crippen molar-refractivity contribution in [1.82, 2.24) is 9.29 Å². The van der Waals surface area contributed by atoms with Gasteiger partial charge in [0.2, 0.25) is 10.0 Å². The third-order valence-electron chi connectivity index (χ3n) is 4.34. The SMILES string of the molecule is CCOc1ccc(-c2csc(C)n2)cc1S(=O)(=O)N1CCCCCC1. The van der Waals surface area contributed by atoms with Crippen molar-refractivity contribution in [2.24, 2.45) is 0 Å². The highest BCUT2D eigenvalue weighted by Gasteiger charge is 2.29. The first-order chi connectivity index (χ1) is 12.0. The molecule has 0 amide bonds. The molecule has 2 aromatic rings. The maximum Gasteiger partial charge on any atom is 0.246 e. The molecule has 0 radical (unpaired) electrons. The lowest BCUT2D eigenvalue weighted by Crippen LogP contribution is -2.32. The van der Waals surface area contributed by atoms with Crippen molar-refractivity contribution in [1.29, 1.82) is 0 Å². The second-order valence-corrected chi connectivity index (χ2v) is 9.13. The standard InChI is InChI=1S/C18H24N2O3S2/c1-3-23-17-9-8-15(16-13-24-14(2)19-16)12-18(17)25(21,22)20-10-6-4-5-7-11-20/h8-9,12-13H,3-7,10-11H2,1-2H3. The molecule has 2 heterocycles. The van der Waals surface area contributed by atoms with E-state index in [1.807, 2.05) is 25.3 Å². The molecule has 1 aromatic carbocycles. The largest absolute Gasteiger partial charge is 0.492 e. The van der Waals surface area contributed by atoms with Gasteiger partial charge in [-0.15, -0.1) is 11.3 Å². The lowest BCUT2D eigenvalue weighted by molar-refractivity contribution is 0.329. The number of thiazole rings is 1. The molecule has 1 aromatic heterocycles. The van der Waals surface area contributed by atoms with E-state index >= 15 is 0 Å². The van der Waals surface area contributed by atoms with E-state index in [0.717, 1.165) is 41.9 Å². The number of rotatable bonds is 5. The second kappa shape index (κ2) is 7.85. The zero-order valence-electron chi connectivity index (χ0n) is 14.7. The summed E-state index contributed by atoms with van der Waals surface area (Å²) in [6.07, 6.45) is 3.99. The van der Waals surface area contributed by atoms with Crippen LogP contribution in [-0.2, 0) is 10.0 Å². The summed E-state index contributed by atoms with van der Waals surface area (Å²) < 4.78 is 33.7. The summed E-state index contributed by atoms with van der Waals surface area (Å²) in [7, 11) is -3.58. The van der Waals surface area contributed by atoms with Crippen LogP contribution in [0.3, 0.4) is 0 Å². The van der Waals surface area contributed by atoms with Gasteiger partial charge in [0.25, 0.3) is 0 Å². The van der Waals surface area contributed by atoms with Crippen molar-refractivity contribution < 1.29 is 13.2 Å². The van der Waals surface area contributed by atoms with Gasteiger partial charge in [-0.05, 0) is 44.9 Å². The second-order valence-electron chi connectivity index (χ2n) is 6.16. The van der Waals surface area contributed by atoms with Crippen LogP contribution in [0.2, 0.25) is 0 Å². The van der Waals surface area contributed by atoms with Gasteiger partial charge < -0.3 is 4.74 Å². The third kappa shape index (κ3) is 4.04. The van der Waals surface area contributed by atoms with Gasteiger partial charge in [0, 0.05) is 24.0 Å². The number of sulfonamides is 1. The first-order valence-electron chi connectivity index (χ1n) is 8.72. The lowest BCUT2D eigenvalue weighted by atomic mass is 10.2. The maximum atomic E-state index is 13.3. The van der Waals surface area contributed by atoms with Gasteiger partial charge in [-0.3, -0.25) is 0 Å². The number of nitrogens with zero attached hydrogens (tertiary/aromatic N) is 2. The van der Waals surface area contributed by atoms with E-state index in [9.17, 15) is 8.42 Å². The first-order valence-corrected chi connectivity index (χ1v) is 11.0. The minimum Gasteiger partial charge on any atom is -0.492 e. The Balaban J connectivity index is 2.04. The van der Waals surface area contributed by atoms with Gasteiger partial charge in [-0.2, -0.15) is 4.31 Å². The highest BCUT2D eigenvalue weighted by atomic mass is 32.2. The van der Waals surface area contributed by atoms with Crippen molar-refractivity contribution in [3.63, 3.8) is 0 Å². The quantitative estimate of drug-likeness (QED) is 0.784. The molecule has 0 aliphatic carbocycles. The number of hydrogen-bond acceptors (Lipinski definition) is 5. The van der Waals surface area contributed by atoms with Gasteiger partial charge in [0.05, 0.1) is 17.3 Å². The molecule has 3 rings (SSSR count). The molecule has 1 fully saturated rings. The Bertz CT molecular complexity index is 823. The average molecular weight is 381 g/mol. The van der Waals surface area contributed by atoms with E-state index in [2.05, 4.69) is 4.98 Å². The summed E-state index contributed by atoms with van der Waals surface area (Å²) >= 11 is 1.56. The van der Waals surface area contributed by atoms with E-state index in [1.165, 1.54) is 0 Å². The van der Waals surface area contributed by atoms with E-state index in [0.29, 0.717) is 25.4 Å². The van der Waals surface area contributed by atoms with E-state index in [4.69, 9.17) is 4.74 Å². The minimum atomic E-state index is -3.58. The molecule has 5 nitrogen and oxygen atoms in total. The Hall–Kier alpha value is -1.44. The molecule has 1 saturated heterocycles. The zero-order valence-corrected chi connectivity index (χ0v) is 16.3. The predicted octanol–water partition coefficient (Wildman–Crippen LogP) is 4.08. The molecule has 0 bridgehead atoms. The fourth-order valence-electron chi connectivity index (χ4n) is 3.06. The molecule has 0 spiro atoms. The monoisotopic (exact) mass is 380 g/mol. The molecule has 0 saturated carbocycles. The van der Waals surface area contributed by atoms with Crippen LogP contribution in [-0.4, -0.2) is 37.4 Å². The summed E-state index contributed by atoms with van der Waals surface area (Å²) in [6, 6.07) is 5.33. The average Bonchev–Trinajstić information content (AvgIpc) is 2.85. The van der Waals surface area contributed by atoms with Crippen molar-refractivity contribution in [3.05, 3.63) is 28.6 Å². The predicted molar refractivity (Wildman–Crippen MR) is 101 cm³/mol. The first kappa shape index (κ1) is 18.4. The molecule has 0 N–H and O–H groups in total. The Kier molecular flexibility index (Phi) is 5.76. The summed E-state index contributed by atoms with van der Waals surface area (Å²) in [5.41, 5.74) is 1.61. The minimum absolute atomic E-state index is 0.249. The molecule has 7 heteroatoms. The Morgan fingerprint density at radius 3 is 2.52 bits per heavy atom. The van der Waals surface area contributed by atoms with Crippen LogP contribution >= 0.6 is 11.3 Å². The van der Waals surface area contributed by atoms with Gasteiger partial charge >= 0.3 is 0 Å². The summed E-state index contributed by atoms with van der Waals surface area (Å²) in [6.45, 7) is 5.39. The molecule has 0 unspecified atom stereocenters. The van der Waals surface area contributed by atoms with Crippen LogP contribution in [0.4, 0.5) is 0 Å². The molecule has 25 heavy (non-hydrogen) atoms. The fraction of sp³-hybridized carbons (Fsp3) is 0.500. The highest BCUT2D eigenvalue weighted by Crippen LogP contribution is 2.33. The van der Waals surface area contributed by atoms with Crippen LogP contribution in [0.15, 0.2) is 28.5 Å². The number of ether oxygens (including phenoxy) is 1. The smallest absolute Gasteiger partial charge is 0.246 e. The molecule has 136 valence electrons. The van der Waals surface area contributed by atoms with E-state index in [-0.39, 0.29) is 4.90 Å². The number of aryl methyl sites for hydroxylation is 1. The van der Waals surface area contributed by atoms with Crippen LogP contribution in [0.1, 0.15) is 37.6 Å². The molecule has 1 aliphatic heterocycles. The van der Waals surface area contributed by atoms with Crippen molar-refractivity contribution in [3.8, 4) is 17.0 Å². The van der Waals surface area contributed by atoms with E-state index in [1.54, 1.807) is 27.8 Å². The maximum absolute atomic E-state index is 13.3. The highest BCUT2D eigenvalue weighted by molar-refractivity contribution is 7.89. The van der Waals surface area contributed by atoms with Gasteiger partial charge in [-0.1, -0.05) is 12.8 Å². The van der Waals surface area contributed by atoms with Crippen LogP contribution in [0.25, 0.3) is 11.3 Å². The van der Waals surface area contributed by atoms with Crippen molar-refractivity contribution >= 4 is 21.4 Å². The lowest BCUT2D eigenvalue weighted by Gasteiger charge is -2.22. The van der Waals surface area contributed by atoms with E-state index < -0.39 is 10.0 Å². The van der Waals surface area contributed by atoms with Gasteiger partial charge in [0.1, 0.15) is 10.6 Å². The normalized spacial score (nSPS) is 16.6. The summed E-state index contributed by atoms with van der Waals surface area (Å²) in [5, 5.41) is 2.91. The number of benzene rings is 1. The zero-order chi connectivity index (χ0) is 17.9. The Morgan fingerprint density at radius 1 is 1.20 bits per heavy atom. The van der Waals surface area contributed by atoms with Gasteiger partial charge in [0.15, 0.2) is 0 Å². The Labute approximate surface area is 153 Å². The van der Waals surface area contributed by atoms with Crippen LogP contribution in [0.5, 0.6) is 5.75 Å². The summed E-state index contributed by atoms with van der Waals surface area (Å²) in [5.74, 6) is 0.419. The summed E-state index contributed by atoms with van der Waals surface area (Å²) in [4.78, 5) is 4.73. The fourth-order valence-corrected chi connectivity index (χ4v) is 5.36.